The van der Waals surface area contributed by atoms with E-state index in [4.69, 9.17) is 8.85 Å². The number of benzene rings is 2. The van der Waals surface area contributed by atoms with Gasteiger partial charge in [-0.3, -0.25) is 10.1 Å². The first-order valence-corrected chi connectivity index (χ1v) is 19.3. The molecule has 0 bridgehead atoms. The maximum absolute atomic E-state index is 11.0. The number of nitrogens with zero attached hydrogens (tertiary/aromatic N) is 4. The van der Waals surface area contributed by atoms with E-state index < -0.39 is 21.6 Å². The Kier molecular flexibility index (Phi) is 8.52. The monoisotopic (exact) mass is 568 g/mol. The van der Waals surface area contributed by atoms with Gasteiger partial charge in [0.05, 0.1) is 17.7 Å². The summed E-state index contributed by atoms with van der Waals surface area (Å²) in [6.07, 6.45) is 2.72. The molecule has 8 nitrogen and oxygen atoms in total. The van der Waals surface area contributed by atoms with Crippen LogP contribution in [0.4, 0.5) is 5.69 Å². The van der Waals surface area contributed by atoms with Gasteiger partial charge in [0, 0.05) is 23.8 Å². The van der Waals surface area contributed by atoms with E-state index in [0.29, 0.717) is 6.54 Å². The van der Waals surface area contributed by atoms with Crippen molar-refractivity contribution in [1.82, 2.24) is 15.0 Å². The smallest absolute Gasteiger partial charge is 0.269 e. The van der Waals surface area contributed by atoms with Crippen molar-refractivity contribution in [3.8, 4) is 22.8 Å². The van der Waals surface area contributed by atoms with Crippen LogP contribution in [0.25, 0.3) is 11.3 Å². The second kappa shape index (κ2) is 10.9. The van der Waals surface area contributed by atoms with E-state index in [1.807, 2.05) is 6.20 Å². The van der Waals surface area contributed by atoms with E-state index in [1.165, 1.54) is 12.1 Å². The number of nitro benzene ring substituents is 1. The molecular formula is C29H44N4O4Si2. The van der Waals surface area contributed by atoms with Crippen molar-refractivity contribution in [3.63, 3.8) is 0 Å². The SMILES string of the molecule is CCc1cc(-c2cn(Cc3ccc([N+](=O)[O-])cc3)nn2)c(O[Si](C)(C)C(C)(C)C)cc1O[Si](C)(C)C(C)(C)C. The van der Waals surface area contributed by atoms with Gasteiger partial charge in [-0.05, 0) is 59.9 Å². The number of hydrogen-bond acceptors (Lipinski definition) is 6. The molecule has 0 unspecified atom stereocenters. The standard InChI is InChI=1S/C29H44N4O4Si2/c1-12-22-17-24(25-20-32(31-30-25)19-21-13-15-23(16-14-21)33(34)35)27(37-39(10,11)29(5,6)7)18-26(22)36-38(8,9)28(2,3)4/h13-18,20H,12,19H2,1-11H3. The van der Waals surface area contributed by atoms with Crippen LogP contribution in [0.3, 0.4) is 0 Å². The van der Waals surface area contributed by atoms with Crippen LogP contribution in [0.5, 0.6) is 11.5 Å². The van der Waals surface area contributed by atoms with Crippen LogP contribution in [-0.2, 0) is 13.0 Å². The molecule has 0 saturated heterocycles. The number of non-ortho nitro benzene ring substituents is 1. The molecule has 0 amide bonds. The Morgan fingerprint density at radius 2 is 1.44 bits per heavy atom. The summed E-state index contributed by atoms with van der Waals surface area (Å²) in [5.41, 5.74) is 3.70. The highest BCUT2D eigenvalue weighted by Gasteiger charge is 2.41. The van der Waals surface area contributed by atoms with E-state index in [1.54, 1.807) is 16.8 Å². The second-order valence-corrected chi connectivity index (χ2v) is 22.7. The number of aromatic nitrogens is 3. The van der Waals surface area contributed by atoms with Gasteiger partial charge in [-0.25, -0.2) is 4.68 Å². The summed E-state index contributed by atoms with van der Waals surface area (Å²) in [5.74, 6) is 1.66. The Labute approximate surface area is 235 Å². The molecule has 0 spiro atoms. The molecule has 212 valence electrons. The average molecular weight is 569 g/mol. The van der Waals surface area contributed by atoms with Gasteiger partial charge in [-0.2, -0.15) is 0 Å². The van der Waals surface area contributed by atoms with Crippen LogP contribution in [0.1, 0.15) is 59.6 Å². The lowest BCUT2D eigenvalue weighted by atomic mass is 10.0. The molecule has 0 N–H and O–H groups in total. The number of nitro groups is 1. The molecule has 10 heteroatoms. The summed E-state index contributed by atoms with van der Waals surface area (Å²) >= 11 is 0. The van der Waals surface area contributed by atoms with Gasteiger partial charge >= 0.3 is 0 Å². The fourth-order valence-corrected chi connectivity index (χ4v) is 5.60. The van der Waals surface area contributed by atoms with E-state index >= 15 is 0 Å². The Morgan fingerprint density at radius 1 is 0.897 bits per heavy atom. The number of aryl methyl sites for hydroxylation is 1. The largest absolute Gasteiger partial charge is 0.543 e. The molecule has 1 aromatic heterocycles. The molecule has 0 aliphatic heterocycles. The lowest BCUT2D eigenvalue weighted by Crippen LogP contribution is -2.44. The zero-order chi connectivity index (χ0) is 29.4. The number of hydrogen-bond donors (Lipinski definition) is 0. The molecule has 0 aliphatic rings. The van der Waals surface area contributed by atoms with Gasteiger partial charge in [0.2, 0.25) is 8.32 Å². The average Bonchev–Trinajstić information content (AvgIpc) is 3.25. The summed E-state index contributed by atoms with van der Waals surface area (Å²) in [7, 11) is -4.26. The highest BCUT2D eigenvalue weighted by atomic mass is 28.4. The summed E-state index contributed by atoms with van der Waals surface area (Å²) < 4.78 is 15.5. The molecule has 0 atom stereocenters. The van der Waals surface area contributed by atoms with Crippen molar-refractivity contribution < 1.29 is 13.8 Å². The third-order valence-electron chi connectivity index (χ3n) is 8.19. The van der Waals surface area contributed by atoms with E-state index in [9.17, 15) is 10.1 Å². The second-order valence-electron chi connectivity index (χ2n) is 13.3. The van der Waals surface area contributed by atoms with Gasteiger partial charge in [0.1, 0.15) is 17.2 Å². The molecule has 2 aromatic carbocycles. The fourth-order valence-electron chi connectivity index (χ4n) is 3.53. The maximum atomic E-state index is 11.0. The minimum atomic E-state index is -2.18. The third kappa shape index (κ3) is 6.97. The topological polar surface area (TPSA) is 92.3 Å². The molecule has 0 saturated carbocycles. The van der Waals surface area contributed by atoms with Crippen molar-refractivity contribution >= 4 is 22.3 Å². The lowest BCUT2D eigenvalue weighted by molar-refractivity contribution is -0.384. The number of rotatable bonds is 9. The maximum Gasteiger partial charge on any atom is 0.269 e. The van der Waals surface area contributed by atoms with E-state index in [2.05, 4.69) is 97.1 Å². The van der Waals surface area contributed by atoms with Crippen molar-refractivity contribution in [2.75, 3.05) is 0 Å². The Balaban J connectivity index is 2.06. The zero-order valence-electron chi connectivity index (χ0n) is 25.4. The Hall–Kier alpha value is -2.99. The van der Waals surface area contributed by atoms with Crippen molar-refractivity contribution in [2.45, 2.75) is 97.7 Å². The summed E-state index contributed by atoms with van der Waals surface area (Å²) in [5, 5.41) is 19.9. The van der Waals surface area contributed by atoms with Crippen molar-refractivity contribution in [3.05, 3.63) is 63.8 Å². The third-order valence-corrected chi connectivity index (χ3v) is 16.9. The molecule has 1 heterocycles. The molecule has 0 aliphatic carbocycles. The van der Waals surface area contributed by atoms with Crippen LogP contribution >= 0.6 is 0 Å². The quantitative estimate of drug-likeness (QED) is 0.147. The van der Waals surface area contributed by atoms with Gasteiger partial charge in [-0.15, -0.1) is 5.10 Å². The molecule has 39 heavy (non-hydrogen) atoms. The highest BCUT2D eigenvalue weighted by Crippen LogP contribution is 2.44. The predicted molar refractivity (Wildman–Crippen MR) is 163 cm³/mol. The zero-order valence-corrected chi connectivity index (χ0v) is 27.4. The first-order valence-electron chi connectivity index (χ1n) is 13.5. The van der Waals surface area contributed by atoms with Crippen molar-refractivity contribution in [1.29, 1.82) is 0 Å². The van der Waals surface area contributed by atoms with E-state index in [-0.39, 0.29) is 15.8 Å². The Bertz CT molecular complexity index is 1320. The molecule has 3 aromatic rings. The van der Waals surface area contributed by atoms with Crippen LogP contribution in [0, 0.1) is 10.1 Å². The Morgan fingerprint density at radius 3 is 1.92 bits per heavy atom. The van der Waals surface area contributed by atoms with Gasteiger partial charge in [-0.1, -0.05) is 65.8 Å². The van der Waals surface area contributed by atoms with Crippen molar-refractivity contribution in [2.24, 2.45) is 0 Å². The van der Waals surface area contributed by atoms with Gasteiger partial charge in [0.15, 0.2) is 0 Å². The van der Waals surface area contributed by atoms with Crippen LogP contribution in [-0.4, -0.2) is 36.6 Å². The lowest BCUT2D eigenvalue weighted by Gasteiger charge is -2.39. The minimum absolute atomic E-state index is 0.0156. The predicted octanol–water partition coefficient (Wildman–Crippen LogP) is 8.23. The summed E-state index contributed by atoms with van der Waals surface area (Å²) in [6.45, 7) is 25.0. The molecular weight excluding hydrogens is 525 g/mol. The summed E-state index contributed by atoms with van der Waals surface area (Å²) in [6, 6.07) is 10.7. The minimum Gasteiger partial charge on any atom is -0.543 e. The van der Waals surface area contributed by atoms with Crippen LogP contribution < -0.4 is 8.85 Å². The summed E-state index contributed by atoms with van der Waals surface area (Å²) in [4.78, 5) is 10.6. The molecule has 0 radical (unpaired) electrons. The van der Waals surface area contributed by atoms with Crippen LogP contribution in [0.2, 0.25) is 36.3 Å². The highest BCUT2D eigenvalue weighted by molar-refractivity contribution is 6.75. The first kappa shape index (κ1) is 30.6. The molecule has 3 rings (SSSR count). The van der Waals surface area contributed by atoms with E-state index in [0.717, 1.165) is 40.3 Å². The normalized spacial score (nSPS) is 12.9. The molecule has 0 fully saturated rings. The fraction of sp³-hybridized carbons (Fsp3) is 0.517. The van der Waals surface area contributed by atoms with Gasteiger partial charge in [0.25, 0.3) is 14.0 Å². The first-order chi connectivity index (χ1) is 17.8. The van der Waals surface area contributed by atoms with Gasteiger partial charge < -0.3 is 8.85 Å². The van der Waals surface area contributed by atoms with Crippen LogP contribution in [0.15, 0.2) is 42.6 Å².